The molecule has 1 amide bonds. The average molecular weight is 436 g/mol. The molecule has 3 heterocycles. The number of ether oxygens (including phenoxy) is 3. The molecule has 1 aliphatic carbocycles. The van der Waals surface area contributed by atoms with E-state index in [0.29, 0.717) is 24.3 Å². The van der Waals surface area contributed by atoms with Crippen LogP contribution in [-0.4, -0.2) is 50.2 Å². The third-order valence-electron chi connectivity index (χ3n) is 5.29. The predicted octanol–water partition coefficient (Wildman–Crippen LogP) is 3.78. The molecule has 10 heteroatoms. The molecule has 1 N–H and O–H groups in total. The number of imidazole rings is 1. The van der Waals surface area contributed by atoms with Crippen molar-refractivity contribution in [1.82, 2.24) is 19.5 Å². The molecule has 162 valence electrons. The maximum Gasteiger partial charge on any atom is 0.414 e. The Balaban J connectivity index is 1.54. The zero-order valence-electron chi connectivity index (χ0n) is 17.5. The minimum absolute atomic E-state index is 0.0629. The highest BCUT2D eigenvalue weighted by molar-refractivity contribution is 6.33. The molecule has 1 saturated heterocycles. The summed E-state index contributed by atoms with van der Waals surface area (Å²) in [5.74, 6) is 0.457. The maximum atomic E-state index is 12.1. The van der Waals surface area contributed by atoms with Crippen molar-refractivity contribution in [1.29, 1.82) is 0 Å². The van der Waals surface area contributed by atoms with Crippen molar-refractivity contribution >= 4 is 34.8 Å². The minimum Gasteiger partial charge on any atom is -0.444 e. The zero-order chi connectivity index (χ0) is 21.6. The van der Waals surface area contributed by atoms with Crippen LogP contribution in [-0.2, 0) is 20.8 Å². The molecular weight excluding hydrogens is 410 g/mol. The number of anilines is 1. The van der Waals surface area contributed by atoms with Crippen LogP contribution >= 0.6 is 11.6 Å². The van der Waals surface area contributed by atoms with Crippen LogP contribution in [0.15, 0.2) is 18.5 Å². The third-order valence-corrected chi connectivity index (χ3v) is 5.56. The van der Waals surface area contributed by atoms with Crippen molar-refractivity contribution in [2.75, 3.05) is 11.9 Å². The third kappa shape index (κ3) is 4.28. The fourth-order valence-corrected chi connectivity index (χ4v) is 4.16. The summed E-state index contributed by atoms with van der Waals surface area (Å²) in [4.78, 5) is 25.0. The van der Waals surface area contributed by atoms with E-state index < -0.39 is 11.7 Å². The van der Waals surface area contributed by atoms with Gasteiger partial charge in [0.1, 0.15) is 11.1 Å². The standard InChI is InChI=1S/C20H26ClN5O4/c1-10-12(6-14-13(10)8-28-11(2)29-14)7-26-9-22-15-16(21)23-18(24-17(15)26)25-19(27)30-20(3,4)5/h9,11-14H,1,6-8H2,2-5H3,(H,23,24,25,27)/t11-,12-,13+,14+/m1/s1. The lowest BCUT2D eigenvalue weighted by Gasteiger charge is -2.30. The van der Waals surface area contributed by atoms with Crippen LogP contribution in [0.1, 0.15) is 34.1 Å². The molecule has 2 aromatic heterocycles. The van der Waals surface area contributed by atoms with Crippen LogP contribution < -0.4 is 5.32 Å². The Morgan fingerprint density at radius 3 is 2.93 bits per heavy atom. The first kappa shape index (κ1) is 21.0. The number of fused-ring (bicyclic) bond motifs is 2. The number of nitrogens with zero attached hydrogens (tertiary/aromatic N) is 4. The van der Waals surface area contributed by atoms with E-state index in [2.05, 4.69) is 26.8 Å². The molecule has 2 fully saturated rings. The van der Waals surface area contributed by atoms with E-state index >= 15 is 0 Å². The summed E-state index contributed by atoms with van der Waals surface area (Å²) in [6.07, 6.45) is 1.81. The monoisotopic (exact) mass is 435 g/mol. The summed E-state index contributed by atoms with van der Waals surface area (Å²) < 4.78 is 18.7. The molecule has 1 aliphatic heterocycles. The molecule has 1 saturated carbocycles. The molecule has 0 bridgehead atoms. The molecule has 4 atom stereocenters. The Bertz CT molecular complexity index is 985. The molecule has 0 unspecified atom stereocenters. The normalized spacial score (nSPS) is 26.6. The topological polar surface area (TPSA) is 100 Å². The van der Waals surface area contributed by atoms with Crippen LogP contribution in [0.2, 0.25) is 5.15 Å². The molecule has 0 aromatic carbocycles. The van der Waals surface area contributed by atoms with Crippen LogP contribution in [0.5, 0.6) is 0 Å². The van der Waals surface area contributed by atoms with Gasteiger partial charge >= 0.3 is 6.09 Å². The summed E-state index contributed by atoms with van der Waals surface area (Å²) >= 11 is 6.28. The van der Waals surface area contributed by atoms with E-state index in [1.165, 1.54) is 0 Å². The van der Waals surface area contributed by atoms with Gasteiger partial charge in [-0.25, -0.2) is 9.78 Å². The molecule has 0 radical (unpaired) electrons. The number of halogens is 1. The number of aromatic nitrogens is 4. The lowest BCUT2D eigenvalue weighted by Crippen LogP contribution is -2.35. The Morgan fingerprint density at radius 2 is 2.20 bits per heavy atom. The molecular formula is C20H26ClN5O4. The number of rotatable bonds is 3. The van der Waals surface area contributed by atoms with Gasteiger partial charge in [-0.05, 0) is 34.1 Å². The Morgan fingerprint density at radius 1 is 1.43 bits per heavy atom. The second kappa shape index (κ2) is 7.79. The van der Waals surface area contributed by atoms with Gasteiger partial charge in [0, 0.05) is 18.4 Å². The van der Waals surface area contributed by atoms with Gasteiger partial charge in [-0.15, -0.1) is 0 Å². The van der Waals surface area contributed by atoms with Gasteiger partial charge in [0.2, 0.25) is 5.95 Å². The fourth-order valence-electron chi connectivity index (χ4n) is 3.95. The van der Waals surface area contributed by atoms with E-state index in [1.807, 2.05) is 11.5 Å². The number of nitrogens with one attached hydrogen (secondary N) is 1. The quantitative estimate of drug-likeness (QED) is 0.578. The van der Waals surface area contributed by atoms with Crippen molar-refractivity contribution in [3.05, 3.63) is 23.6 Å². The molecule has 30 heavy (non-hydrogen) atoms. The van der Waals surface area contributed by atoms with Gasteiger partial charge in [-0.1, -0.05) is 23.8 Å². The molecule has 9 nitrogen and oxygen atoms in total. The highest BCUT2D eigenvalue weighted by Gasteiger charge is 2.42. The minimum atomic E-state index is -0.650. The predicted molar refractivity (Wildman–Crippen MR) is 111 cm³/mol. The summed E-state index contributed by atoms with van der Waals surface area (Å²) in [6, 6.07) is 0. The SMILES string of the molecule is C=C1[C@@H](Cn2cnc3c(Cl)nc(NC(=O)OC(C)(C)C)nc32)C[C@@H]2O[C@H](C)OC[C@@H]12. The largest absolute Gasteiger partial charge is 0.444 e. The molecule has 2 aliphatic rings. The van der Waals surface area contributed by atoms with Crippen LogP contribution in [0.3, 0.4) is 0 Å². The van der Waals surface area contributed by atoms with Crippen LogP contribution in [0.4, 0.5) is 10.7 Å². The second-order valence-corrected chi connectivity index (χ2v) is 9.08. The summed E-state index contributed by atoms with van der Waals surface area (Å²) in [7, 11) is 0. The first-order chi connectivity index (χ1) is 14.1. The first-order valence-electron chi connectivity index (χ1n) is 9.95. The fraction of sp³-hybridized carbons (Fsp3) is 0.600. The van der Waals surface area contributed by atoms with Gasteiger partial charge in [0.05, 0.1) is 19.0 Å². The average Bonchev–Trinajstić information content (AvgIpc) is 3.15. The number of carbonyl (C=O) groups is 1. The lowest BCUT2D eigenvalue weighted by atomic mass is 9.98. The van der Waals surface area contributed by atoms with E-state index in [-0.39, 0.29) is 35.3 Å². The van der Waals surface area contributed by atoms with Crippen molar-refractivity contribution in [2.45, 2.75) is 58.7 Å². The van der Waals surface area contributed by atoms with Crippen molar-refractivity contribution < 1.29 is 19.0 Å². The summed E-state index contributed by atoms with van der Waals surface area (Å²) in [6.45, 7) is 12.8. The number of carbonyl (C=O) groups excluding carboxylic acids is 1. The molecule has 2 aromatic rings. The highest BCUT2D eigenvalue weighted by atomic mass is 35.5. The Hall–Kier alpha value is -2.23. The van der Waals surface area contributed by atoms with Crippen LogP contribution in [0.25, 0.3) is 11.2 Å². The van der Waals surface area contributed by atoms with Gasteiger partial charge < -0.3 is 18.8 Å². The van der Waals surface area contributed by atoms with Crippen molar-refractivity contribution in [3.63, 3.8) is 0 Å². The van der Waals surface area contributed by atoms with E-state index in [9.17, 15) is 4.79 Å². The lowest BCUT2D eigenvalue weighted by molar-refractivity contribution is -0.215. The number of hydrogen-bond acceptors (Lipinski definition) is 7. The van der Waals surface area contributed by atoms with Crippen molar-refractivity contribution in [2.24, 2.45) is 11.8 Å². The zero-order valence-corrected chi connectivity index (χ0v) is 18.3. The van der Waals surface area contributed by atoms with Gasteiger partial charge in [0.15, 0.2) is 17.1 Å². The number of amides is 1. The maximum absolute atomic E-state index is 12.1. The van der Waals surface area contributed by atoms with E-state index in [1.54, 1.807) is 27.1 Å². The molecule has 0 spiro atoms. The second-order valence-electron chi connectivity index (χ2n) is 8.72. The first-order valence-corrected chi connectivity index (χ1v) is 10.3. The summed E-state index contributed by atoms with van der Waals surface area (Å²) in [5.41, 5.74) is 1.48. The van der Waals surface area contributed by atoms with Gasteiger partial charge in [-0.3, -0.25) is 5.32 Å². The Labute approximate surface area is 179 Å². The van der Waals surface area contributed by atoms with E-state index in [0.717, 1.165) is 12.0 Å². The Kier molecular flexibility index (Phi) is 5.46. The van der Waals surface area contributed by atoms with E-state index in [4.69, 9.17) is 25.8 Å². The molecule has 4 rings (SSSR count). The number of hydrogen-bond donors (Lipinski definition) is 1. The van der Waals surface area contributed by atoms with Gasteiger partial charge in [-0.2, -0.15) is 9.97 Å². The van der Waals surface area contributed by atoms with Crippen molar-refractivity contribution in [3.8, 4) is 0 Å². The summed E-state index contributed by atoms with van der Waals surface area (Å²) in [5, 5.41) is 2.69. The van der Waals surface area contributed by atoms with Gasteiger partial charge in [0.25, 0.3) is 0 Å². The highest BCUT2D eigenvalue weighted by Crippen LogP contribution is 2.41. The van der Waals surface area contributed by atoms with Crippen LogP contribution in [0, 0.1) is 11.8 Å². The smallest absolute Gasteiger partial charge is 0.414 e.